The van der Waals surface area contributed by atoms with Gasteiger partial charge in [-0.3, -0.25) is 0 Å². The van der Waals surface area contributed by atoms with Crippen molar-refractivity contribution >= 4 is 5.70 Å². The van der Waals surface area contributed by atoms with Gasteiger partial charge in [0, 0.05) is 44.1 Å². The summed E-state index contributed by atoms with van der Waals surface area (Å²) in [6.45, 7) is 3.59. The molecule has 1 N–H and O–H groups in total. The van der Waals surface area contributed by atoms with Crippen molar-refractivity contribution in [2.75, 3.05) is 0 Å². The van der Waals surface area contributed by atoms with Crippen LogP contribution < -0.4 is 0 Å². The van der Waals surface area contributed by atoms with Crippen molar-refractivity contribution < 1.29 is 44.1 Å². The molecule has 0 atom stereocenters. The van der Waals surface area contributed by atoms with Crippen molar-refractivity contribution in [2.24, 2.45) is 0 Å². The minimum Gasteiger partial charge on any atom is -0.699 e. The normalized spacial score (nSPS) is 9.25. The summed E-state index contributed by atoms with van der Waals surface area (Å²) >= 11 is 0. The Hall–Kier alpha value is -0.578. The second-order valence-electron chi connectivity index (χ2n) is 3.42. The van der Waals surface area contributed by atoms with Crippen LogP contribution in [0.3, 0.4) is 0 Å². The molecule has 77 valence electrons. The molecule has 1 radical (unpaired) electrons. The Morgan fingerprint density at radius 1 is 0.812 bits per heavy atom. The molecule has 0 heterocycles. The minimum absolute atomic E-state index is 0. The van der Waals surface area contributed by atoms with Gasteiger partial charge in [-0.25, -0.2) is 0 Å². The van der Waals surface area contributed by atoms with E-state index in [4.69, 9.17) is 5.73 Å². The second kappa shape index (κ2) is 6.23. The van der Waals surface area contributed by atoms with Crippen LogP contribution in [0, 0.1) is 44.1 Å². The van der Waals surface area contributed by atoms with Crippen LogP contribution in [0.25, 0.3) is 22.6 Å². The summed E-state index contributed by atoms with van der Waals surface area (Å²) in [6.07, 6.45) is 0. The summed E-state index contributed by atoms with van der Waals surface area (Å²) in [7, 11) is 0. The van der Waals surface area contributed by atoms with Gasteiger partial charge in [0.15, 0.2) is 0 Å². The molecule has 0 aromatic heterocycles. The van der Waals surface area contributed by atoms with Crippen LogP contribution in [0.2, 0.25) is 0 Å². The van der Waals surface area contributed by atoms with Crippen molar-refractivity contribution in [1.82, 2.24) is 0 Å². The Morgan fingerprint density at radius 2 is 1.31 bits per heavy atom. The molecule has 0 saturated carbocycles. The molecular formula is C14H12AcN-. The third-order valence-electron chi connectivity index (χ3n) is 2.34. The van der Waals surface area contributed by atoms with E-state index in [1.807, 2.05) is 42.5 Å². The molecule has 0 fully saturated rings. The van der Waals surface area contributed by atoms with Gasteiger partial charge >= 0.3 is 0 Å². The fraction of sp³-hybridized carbons (Fsp3) is 0. The van der Waals surface area contributed by atoms with Gasteiger partial charge < -0.3 is 5.73 Å². The zero-order valence-corrected chi connectivity index (χ0v) is 13.7. The van der Waals surface area contributed by atoms with Crippen LogP contribution in [-0.4, -0.2) is 0 Å². The van der Waals surface area contributed by atoms with Gasteiger partial charge in [-0.1, -0.05) is 54.6 Å². The maximum Gasteiger partial charge on any atom is 0 e. The molecular weight excluding hydrogens is 409 g/mol. The van der Waals surface area contributed by atoms with Crippen LogP contribution >= 0.6 is 0 Å². The summed E-state index contributed by atoms with van der Waals surface area (Å²) in [5, 5.41) is 0. The molecule has 2 heteroatoms. The molecule has 0 unspecified atom stereocenters. The maximum atomic E-state index is 7.40. The van der Waals surface area contributed by atoms with E-state index in [2.05, 4.69) is 18.7 Å². The maximum absolute atomic E-state index is 7.40. The first-order valence-electron chi connectivity index (χ1n) is 4.84. The SMILES string of the molecule is C=C([NH-])c1ccc(-c2ccccc2)cc1.[Ac]. The third kappa shape index (κ3) is 3.20. The average Bonchev–Trinajstić information content (AvgIpc) is 2.30. The smallest absolute Gasteiger partial charge is 0 e. The van der Waals surface area contributed by atoms with Crippen molar-refractivity contribution in [3.8, 4) is 11.1 Å². The summed E-state index contributed by atoms with van der Waals surface area (Å²) in [5.74, 6) is 0. The Bertz CT molecular complexity index is 460. The van der Waals surface area contributed by atoms with Gasteiger partial charge in [-0.15, -0.1) is 12.3 Å². The molecule has 2 aromatic carbocycles. The average molecular weight is 421 g/mol. The van der Waals surface area contributed by atoms with E-state index in [9.17, 15) is 0 Å². The molecule has 2 rings (SSSR count). The fourth-order valence-corrected chi connectivity index (χ4v) is 1.49. The largest absolute Gasteiger partial charge is 0.699 e. The van der Waals surface area contributed by atoms with E-state index in [-0.39, 0.29) is 44.1 Å². The first kappa shape index (κ1) is 13.5. The minimum atomic E-state index is 0. The van der Waals surface area contributed by atoms with E-state index in [1.165, 1.54) is 11.1 Å². The molecule has 0 amide bonds. The van der Waals surface area contributed by atoms with E-state index in [1.54, 1.807) is 0 Å². The zero-order chi connectivity index (χ0) is 10.7. The Morgan fingerprint density at radius 3 is 1.81 bits per heavy atom. The zero-order valence-electron chi connectivity index (χ0n) is 8.98. The predicted octanol–water partition coefficient (Wildman–Crippen LogP) is 4.38. The third-order valence-corrected chi connectivity index (χ3v) is 2.34. The Labute approximate surface area is 132 Å². The van der Waals surface area contributed by atoms with Crippen LogP contribution in [0.1, 0.15) is 5.56 Å². The molecule has 1 nitrogen and oxygen atoms in total. The van der Waals surface area contributed by atoms with Crippen LogP contribution in [0.4, 0.5) is 0 Å². The van der Waals surface area contributed by atoms with E-state index in [0.717, 1.165) is 5.56 Å². The van der Waals surface area contributed by atoms with E-state index >= 15 is 0 Å². The van der Waals surface area contributed by atoms with Gasteiger partial charge in [0.2, 0.25) is 0 Å². The quantitative estimate of drug-likeness (QED) is 0.688. The van der Waals surface area contributed by atoms with Crippen molar-refractivity contribution in [2.45, 2.75) is 0 Å². The standard InChI is InChI=1S/C14H12N.Ac/c1-11(15)12-7-9-14(10-8-12)13-5-3-2-4-6-13;/h2-10,15H,1H2;/q-1;. The molecule has 0 saturated heterocycles. The van der Waals surface area contributed by atoms with E-state index in [0.29, 0.717) is 5.70 Å². The van der Waals surface area contributed by atoms with Gasteiger partial charge in [0.1, 0.15) is 0 Å². The summed E-state index contributed by atoms with van der Waals surface area (Å²) in [5.41, 5.74) is 11.0. The first-order valence-corrected chi connectivity index (χ1v) is 4.84. The van der Waals surface area contributed by atoms with Gasteiger partial charge in [0.25, 0.3) is 0 Å². The number of benzene rings is 2. The van der Waals surface area contributed by atoms with Crippen molar-refractivity contribution in [3.05, 3.63) is 72.5 Å². The summed E-state index contributed by atoms with van der Waals surface area (Å²) in [6, 6.07) is 18.1. The first-order chi connectivity index (χ1) is 7.27. The van der Waals surface area contributed by atoms with E-state index < -0.39 is 0 Å². The molecule has 0 bridgehead atoms. The number of nitrogens with one attached hydrogen (secondary N) is 1. The van der Waals surface area contributed by atoms with Crippen molar-refractivity contribution in [1.29, 1.82) is 0 Å². The van der Waals surface area contributed by atoms with Gasteiger partial charge in [-0.2, -0.15) is 0 Å². The monoisotopic (exact) mass is 421 g/mol. The molecule has 0 aliphatic carbocycles. The number of hydrogen-bond acceptors (Lipinski definition) is 0. The Balaban J connectivity index is 0.00000128. The number of hydrogen-bond donors (Lipinski definition) is 0. The second-order valence-corrected chi connectivity index (χ2v) is 3.42. The summed E-state index contributed by atoms with van der Waals surface area (Å²) < 4.78 is 0. The van der Waals surface area contributed by atoms with Crippen LogP contribution in [0.5, 0.6) is 0 Å². The molecule has 16 heavy (non-hydrogen) atoms. The Kier molecular flexibility index (Phi) is 5.25. The summed E-state index contributed by atoms with van der Waals surface area (Å²) in [4.78, 5) is 0. The van der Waals surface area contributed by atoms with Crippen LogP contribution in [-0.2, 0) is 0 Å². The molecule has 0 aliphatic rings. The van der Waals surface area contributed by atoms with Crippen molar-refractivity contribution in [3.63, 3.8) is 0 Å². The molecule has 0 aliphatic heterocycles. The topological polar surface area (TPSA) is 23.8 Å². The fourth-order valence-electron chi connectivity index (χ4n) is 1.49. The number of rotatable bonds is 2. The predicted molar refractivity (Wildman–Crippen MR) is 65.2 cm³/mol. The van der Waals surface area contributed by atoms with Gasteiger partial charge in [0.05, 0.1) is 0 Å². The molecule has 2 aromatic rings. The molecule has 0 spiro atoms. The van der Waals surface area contributed by atoms with Gasteiger partial charge in [-0.05, 0) is 16.7 Å². The van der Waals surface area contributed by atoms with Crippen LogP contribution in [0.15, 0.2) is 61.2 Å².